The van der Waals surface area contributed by atoms with Gasteiger partial charge in [-0.25, -0.2) is 9.97 Å². The molecule has 9 aromatic carbocycles. The van der Waals surface area contributed by atoms with Crippen molar-refractivity contribution in [2.45, 2.75) is 0 Å². The van der Waals surface area contributed by atoms with E-state index < -0.39 is 0 Å². The molecule has 0 spiro atoms. The number of nitriles is 1. The molecule has 0 amide bonds. The topological polar surface area (TPSA) is 64.4 Å². The van der Waals surface area contributed by atoms with Gasteiger partial charge in [0.15, 0.2) is 5.82 Å². The zero-order valence-corrected chi connectivity index (χ0v) is 35.0. The number of aromatic nitrogens is 5. The van der Waals surface area contributed by atoms with Gasteiger partial charge in [-0.2, -0.15) is 5.26 Å². The maximum Gasteiger partial charge on any atom is 0.160 e. The van der Waals surface area contributed by atoms with E-state index in [1.165, 1.54) is 21.5 Å². The van der Waals surface area contributed by atoms with Gasteiger partial charge in [0.1, 0.15) is 6.07 Å². The molecule has 0 saturated heterocycles. The molecule has 6 heteroatoms. The molecule has 302 valence electrons. The standard InChI is InChI=1S/C59H36N6/c60-37-41-33-40(51-36-50(38-15-3-1-4-16-38)61-59(62-51)39-17-5-2-6-18-39)27-30-52(41)65-57-31-28-42(63-53-23-11-7-19-44(53)45-20-8-12-24-54(45)63)34-48(57)49-35-43(29-32-58(49)65)64-55-25-13-9-21-46(55)47-22-10-14-26-56(47)64/h1-36H. The largest absolute Gasteiger partial charge is 0.309 e. The van der Waals surface area contributed by atoms with Crippen LogP contribution in [0.4, 0.5) is 0 Å². The van der Waals surface area contributed by atoms with Crippen molar-refractivity contribution in [2.75, 3.05) is 0 Å². The maximum absolute atomic E-state index is 11.0. The van der Waals surface area contributed by atoms with Crippen LogP contribution < -0.4 is 0 Å². The Morgan fingerprint density at radius 1 is 0.323 bits per heavy atom. The number of benzene rings is 9. The first kappa shape index (κ1) is 36.6. The third-order valence-electron chi connectivity index (χ3n) is 12.9. The van der Waals surface area contributed by atoms with Gasteiger partial charge in [0.25, 0.3) is 0 Å². The Balaban J connectivity index is 1.05. The minimum absolute atomic E-state index is 0.542. The minimum atomic E-state index is 0.542. The number of hydrogen-bond donors (Lipinski definition) is 0. The van der Waals surface area contributed by atoms with Crippen molar-refractivity contribution in [3.05, 3.63) is 224 Å². The summed E-state index contributed by atoms with van der Waals surface area (Å²) in [6.45, 7) is 0. The SMILES string of the molecule is N#Cc1cc(-c2cc(-c3ccccc3)nc(-c3ccccc3)n2)ccc1-n1c2ccc(-n3c4ccccc4c4ccccc43)cc2c2cc(-n3c4ccccc4c4ccccc43)ccc21. The van der Waals surface area contributed by atoms with Gasteiger partial charge in [-0.05, 0) is 78.9 Å². The summed E-state index contributed by atoms with van der Waals surface area (Å²) in [5.74, 6) is 0.630. The highest BCUT2D eigenvalue weighted by molar-refractivity contribution is 6.14. The molecule has 0 bridgehead atoms. The predicted molar refractivity (Wildman–Crippen MR) is 266 cm³/mol. The first-order valence-corrected chi connectivity index (χ1v) is 21.8. The molecule has 13 rings (SSSR count). The molecule has 65 heavy (non-hydrogen) atoms. The van der Waals surface area contributed by atoms with Crippen LogP contribution in [-0.2, 0) is 0 Å². The Morgan fingerprint density at radius 3 is 1.22 bits per heavy atom. The Bertz CT molecular complexity index is 3740. The summed E-state index contributed by atoms with van der Waals surface area (Å²) in [6, 6.07) is 78.9. The highest BCUT2D eigenvalue weighted by Gasteiger charge is 2.21. The molecule has 0 fully saturated rings. The van der Waals surface area contributed by atoms with Gasteiger partial charge in [0.05, 0.1) is 55.7 Å². The van der Waals surface area contributed by atoms with Gasteiger partial charge in [-0.3, -0.25) is 0 Å². The van der Waals surface area contributed by atoms with Crippen molar-refractivity contribution in [1.82, 2.24) is 23.7 Å². The average molecular weight is 829 g/mol. The van der Waals surface area contributed by atoms with Gasteiger partial charge < -0.3 is 13.7 Å². The third kappa shape index (κ3) is 5.73. The molecule has 0 N–H and O–H groups in total. The van der Waals surface area contributed by atoms with Gasteiger partial charge in [-0.15, -0.1) is 0 Å². The number of para-hydroxylation sites is 4. The molecular formula is C59H36N6. The molecule has 6 nitrogen and oxygen atoms in total. The predicted octanol–water partition coefficient (Wildman–Crippen LogP) is 14.6. The number of fused-ring (bicyclic) bond motifs is 9. The van der Waals surface area contributed by atoms with E-state index >= 15 is 0 Å². The van der Waals surface area contributed by atoms with E-state index in [-0.39, 0.29) is 0 Å². The van der Waals surface area contributed by atoms with Crippen molar-refractivity contribution in [3.63, 3.8) is 0 Å². The van der Waals surface area contributed by atoms with Crippen molar-refractivity contribution in [1.29, 1.82) is 5.26 Å². The zero-order chi connectivity index (χ0) is 43.0. The van der Waals surface area contributed by atoms with E-state index in [2.05, 4.69) is 177 Å². The molecule has 0 aliphatic heterocycles. The second-order valence-electron chi connectivity index (χ2n) is 16.5. The van der Waals surface area contributed by atoms with Crippen LogP contribution in [0.2, 0.25) is 0 Å². The summed E-state index contributed by atoms with van der Waals surface area (Å²) in [5, 5.41) is 18.1. The number of hydrogen-bond acceptors (Lipinski definition) is 3. The summed E-state index contributed by atoms with van der Waals surface area (Å²) in [4.78, 5) is 10.1. The van der Waals surface area contributed by atoms with Crippen LogP contribution >= 0.6 is 0 Å². The van der Waals surface area contributed by atoms with Gasteiger partial charge in [0.2, 0.25) is 0 Å². The van der Waals surface area contributed by atoms with Crippen LogP contribution in [0.15, 0.2) is 218 Å². The molecular weight excluding hydrogens is 793 g/mol. The third-order valence-corrected chi connectivity index (χ3v) is 12.9. The Hall–Kier alpha value is -9.05. The second kappa shape index (κ2) is 14.5. The highest BCUT2D eigenvalue weighted by Crippen LogP contribution is 2.40. The van der Waals surface area contributed by atoms with Crippen molar-refractivity contribution in [2.24, 2.45) is 0 Å². The van der Waals surface area contributed by atoms with Crippen molar-refractivity contribution >= 4 is 65.4 Å². The monoisotopic (exact) mass is 828 g/mol. The molecule has 0 saturated carbocycles. The quantitative estimate of drug-likeness (QED) is 0.168. The van der Waals surface area contributed by atoms with Gasteiger partial charge >= 0.3 is 0 Å². The molecule has 0 aliphatic rings. The lowest BCUT2D eigenvalue weighted by molar-refractivity contribution is 1.15. The van der Waals surface area contributed by atoms with Crippen LogP contribution in [0.3, 0.4) is 0 Å². The molecule has 0 unspecified atom stereocenters. The lowest BCUT2D eigenvalue weighted by atomic mass is 10.0. The second-order valence-corrected chi connectivity index (χ2v) is 16.5. The fourth-order valence-electron chi connectivity index (χ4n) is 9.99. The molecule has 4 aromatic heterocycles. The average Bonchev–Trinajstić information content (AvgIpc) is 4.02. The Kier molecular flexibility index (Phi) is 8.17. The van der Waals surface area contributed by atoms with E-state index in [0.29, 0.717) is 11.4 Å². The summed E-state index contributed by atoms with van der Waals surface area (Å²) in [7, 11) is 0. The van der Waals surface area contributed by atoms with E-state index in [0.717, 1.165) is 89.0 Å². The lowest BCUT2D eigenvalue weighted by Gasteiger charge is -2.14. The Morgan fingerprint density at radius 2 is 0.738 bits per heavy atom. The van der Waals surface area contributed by atoms with Crippen LogP contribution in [0, 0.1) is 11.3 Å². The summed E-state index contributed by atoms with van der Waals surface area (Å²) >= 11 is 0. The molecule has 0 aliphatic carbocycles. The fourth-order valence-corrected chi connectivity index (χ4v) is 9.99. The summed E-state index contributed by atoms with van der Waals surface area (Å²) in [5.41, 5.74) is 14.4. The van der Waals surface area contributed by atoms with E-state index in [1.54, 1.807) is 0 Å². The highest BCUT2D eigenvalue weighted by atomic mass is 15.0. The Labute approximate surface area is 373 Å². The molecule has 0 radical (unpaired) electrons. The first-order chi connectivity index (χ1) is 32.2. The molecule has 4 heterocycles. The van der Waals surface area contributed by atoms with Crippen molar-refractivity contribution < 1.29 is 0 Å². The van der Waals surface area contributed by atoms with Crippen LogP contribution in [0.1, 0.15) is 5.56 Å². The lowest BCUT2D eigenvalue weighted by Crippen LogP contribution is -2.00. The smallest absolute Gasteiger partial charge is 0.160 e. The molecule has 0 atom stereocenters. The maximum atomic E-state index is 11.0. The molecule has 13 aromatic rings. The van der Waals surface area contributed by atoms with Crippen LogP contribution in [0.5, 0.6) is 0 Å². The van der Waals surface area contributed by atoms with E-state index in [1.807, 2.05) is 60.7 Å². The normalized spacial score (nSPS) is 11.7. The van der Waals surface area contributed by atoms with E-state index in [4.69, 9.17) is 9.97 Å². The van der Waals surface area contributed by atoms with Gasteiger partial charge in [-0.1, -0.05) is 140 Å². The fraction of sp³-hybridized carbons (Fsp3) is 0. The minimum Gasteiger partial charge on any atom is -0.309 e. The van der Waals surface area contributed by atoms with Crippen molar-refractivity contribution in [3.8, 4) is 57.0 Å². The number of rotatable bonds is 6. The first-order valence-electron chi connectivity index (χ1n) is 21.8. The van der Waals surface area contributed by atoms with E-state index in [9.17, 15) is 5.26 Å². The van der Waals surface area contributed by atoms with Crippen LogP contribution in [-0.4, -0.2) is 23.7 Å². The zero-order valence-electron chi connectivity index (χ0n) is 35.0. The summed E-state index contributed by atoms with van der Waals surface area (Å²) < 4.78 is 6.99. The van der Waals surface area contributed by atoms with Crippen LogP contribution in [0.25, 0.3) is 116 Å². The summed E-state index contributed by atoms with van der Waals surface area (Å²) in [6.07, 6.45) is 0. The van der Waals surface area contributed by atoms with Gasteiger partial charge in [0, 0.05) is 60.4 Å². The number of nitrogens with zero attached hydrogens (tertiary/aromatic N) is 6.